The smallest absolute Gasteiger partial charge is 0.317 e. The maximum atomic E-state index is 14.3. The number of anilines is 1. The van der Waals surface area contributed by atoms with Crippen LogP contribution in [0.2, 0.25) is 0 Å². The van der Waals surface area contributed by atoms with Crippen LogP contribution in [-0.2, 0) is 78.2 Å². The highest BCUT2D eigenvalue weighted by molar-refractivity contribution is 8.76. The number of carboxylic acid groups (broad SMARTS) is 2. The maximum absolute atomic E-state index is 14.3. The van der Waals surface area contributed by atoms with E-state index < -0.39 is 140 Å². The first-order valence-corrected chi connectivity index (χ1v) is 34.7. The summed E-state index contributed by atoms with van der Waals surface area (Å²) in [6.45, 7) is 0.628. The number of carbonyl (C=O) groups excluding carboxylic acids is 11. The molecule has 2 rings (SSSR count). The van der Waals surface area contributed by atoms with Crippen LogP contribution in [-0.4, -0.2) is 284 Å². The second-order valence-corrected chi connectivity index (χ2v) is 25.4. The number of aliphatic hydroxyl groups is 1. The van der Waals surface area contributed by atoms with Crippen LogP contribution in [0.5, 0.6) is 0 Å². The number of aliphatic imine (C=N–C) groups is 2. The van der Waals surface area contributed by atoms with Crippen LogP contribution in [0.3, 0.4) is 0 Å². The Morgan fingerprint density at radius 3 is 1.85 bits per heavy atom. The van der Waals surface area contributed by atoms with Crippen molar-refractivity contribution in [2.45, 2.75) is 120 Å². The third-order valence-electron chi connectivity index (χ3n) is 14.5. The fourth-order valence-electron chi connectivity index (χ4n) is 9.51. The number of Topliss-reactive ketones (excluding diaryl/α,β-unsaturated/α-hetero) is 4. The van der Waals surface area contributed by atoms with E-state index in [1.165, 1.54) is 11.8 Å². The Bertz CT molecular complexity index is 2860. The van der Waals surface area contributed by atoms with Crippen molar-refractivity contribution in [2.75, 3.05) is 115 Å². The SMILES string of the molecule is CCN(CCCN(CC(=O)O)CC(Cc1ccc(NC(=S)NC2CSSCC(N[C@H](C=O)CCCCN)NC(=O)CNC(=O)[C@H](CCCN=C(N)N)NN[C@@H](CCCN=C(N)N)C(=O)C(=O)C(C)NC(=O)CNNCC(=O)N[C@@H](CO)C(=O)C2=O)cc1)N(COC=O)COC=O)CC(=O)O. The van der Waals surface area contributed by atoms with E-state index in [0.29, 0.717) is 62.9 Å². The number of aliphatic hydroxyl groups excluding tert-OH is 1. The molecule has 39 nitrogen and oxygen atoms in total. The normalized spacial score (nSPS) is 20.0. The molecule has 0 aromatic heterocycles. The standard InChI is InChI=1S/C58H97N21O18S3/c1-3-77(26-49(87)88)19-8-20-78(27-50(89)90)25-40(79(32-96-34-82)33-97-35-83)21-37-12-14-38(15-13-37)71-58(98)73-44-30-99-100-31-45(70-39(28-80)9-4-5-16-59)74-46(84)22-66-55(95)42(11-7-18-65-57(62)63)76-75-41(10-6-17-64-56(60)61)52(92)51(91)36(2)69-47(85)23-67-68-24-48(86)72-43(29-81)53(93)54(44)94/h12-15,28,34-36,39-45,67-68,70,75-76,81H,3-11,16-27,29-33,59H2,1-2H3,(H,66,95)(H,69,85)(H,72,86)(H,74,84)(H,87,88)(H,89,90)(H4,60,61,64)(H4,62,63,65)(H2,71,73,98)/t36?,39-,40?,41-,42-,43-,44?,45?/m0/s1. The molecule has 4 unspecified atom stereocenters. The first kappa shape index (κ1) is 87.9. The second kappa shape index (κ2) is 51.1. The molecule has 1 aromatic rings. The number of hydrogen-bond acceptors (Lipinski definition) is 30. The molecule has 1 fully saturated rings. The largest absolute Gasteiger partial charge is 0.480 e. The van der Waals surface area contributed by atoms with E-state index in [1.54, 1.807) is 41.0 Å². The molecular weight excluding hydrogens is 1370 g/mol. The molecule has 100 heavy (non-hydrogen) atoms. The predicted molar refractivity (Wildman–Crippen MR) is 373 cm³/mol. The van der Waals surface area contributed by atoms with Gasteiger partial charge in [0.05, 0.1) is 63.6 Å². The fourth-order valence-corrected chi connectivity index (χ4v) is 12.0. The Morgan fingerprint density at radius 2 is 1.28 bits per heavy atom. The summed E-state index contributed by atoms with van der Waals surface area (Å²) in [5, 5.41) is 48.2. The van der Waals surface area contributed by atoms with Crippen molar-refractivity contribution in [1.29, 1.82) is 0 Å². The summed E-state index contributed by atoms with van der Waals surface area (Å²) >= 11 is 5.66. The van der Waals surface area contributed by atoms with E-state index in [-0.39, 0.29) is 120 Å². The van der Waals surface area contributed by atoms with Crippen LogP contribution < -0.4 is 87.6 Å². The summed E-state index contributed by atoms with van der Waals surface area (Å²) in [6.07, 6.45) is 1.87. The van der Waals surface area contributed by atoms with Gasteiger partial charge in [0.2, 0.25) is 46.8 Å². The molecule has 4 amide bonds. The lowest BCUT2D eigenvalue weighted by molar-refractivity contribution is -0.145. The highest BCUT2D eigenvalue weighted by Crippen LogP contribution is 2.24. The Balaban J connectivity index is 2.60. The van der Waals surface area contributed by atoms with Crippen LogP contribution in [0, 0.1) is 0 Å². The molecular formula is C58H97N21O18S3. The number of hydrazine groups is 2. The minimum absolute atomic E-state index is 0.000996. The lowest BCUT2D eigenvalue weighted by Gasteiger charge is -2.34. The molecule has 1 saturated heterocycles. The number of thiocarbonyl (C=S) groups is 1. The number of nitrogens with two attached hydrogens (primary N) is 5. The topological polar surface area (TPSA) is 598 Å². The Morgan fingerprint density at radius 1 is 0.720 bits per heavy atom. The van der Waals surface area contributed by atoms with Gasteiger partial charge in [0.15, 0.2) is 17.0 Å². The molecule has 0 radical (unpaired) electrons. The highest BCUT2D eigenvalue weighted by atomic mass is 33.1. The van der Waals surface area contributed by atoms with Gasteiger partial charge >= 0.3 is 11.9 Å². The monoisotopic (exact) mass is 1470 g/mol. The number of benzene rings is 1. The molecule has 1 aliphatic rings. The van der Waals surface area contributed by atoms with Gasteiger partial charge < -0.3 is 90.2 Å². The number of unbranched alkanes of at least 4 members (excludes halogenated alkanes) is 1. The van der Waals surface area contributed by atoms with E-state index in [4.69, 9.17) is 50.4 Å². The summed E-state index contributed by atoms with van der Waals surface area (Å²) in [4.78, 5) is 181. The predicted octanol–water partition coefficient (Wildman–Crippen LogP) is -7.47. The molecule has 0 saturated carbocycles. The number of rotatable bonds is 38. The molecule has 1 aromatic carbocycles. The molecule has 42 heteroatoms. The first-order valence-electron chi connectivity index (χ1n) is 31.8. The number of carbonyl (C=O) groups is 13. The lowest BCUT2D eigenvalue weighted by Crippen LogP contribution is -2.58. The van der Waals surface area contributed by atoms with Crippen LogP contribution >= 0.6 is 33.8 Å². The molecule has 0 aliphatic carbocycles. The molecule has 1 aliphatic heterocycles. The van der Waals surface area contributed by atoms with Gasteiger partial charge in [-0.3, -0.25) is 82.6 Å². The zero-order chi connectivity index (χ0) is 74.4. The van der Waals surface area contributed by atoms with E-state index in [1.807, 2.05) is 0 Å². The Labute approximate surface area is 591 Å². The number of likely N-dealkylation sites (N-methyl/N-ethyl adjacent to an activating group) is 1. The lowest BCUT2D eigenvalue weighted by atomic mass is 10.00. The van der Waals surface area contributed by atoms with Crippen molar-refractivity contribution in [3.8, 4) is 0 Å². The van der Waals surface area contributed by atoms with Gasteiger partial charge in [0.25, 0.3) is 12.9 Å². The summed E-state index contributed by atoms with van der Waals surface area (Å²) in [7, 11) is 2.08. The van der Waals surface area contributed by atoms with Crippen LogP contribution in [0.4, 0.5) is 5.69 Å². The first-order chi connectivity index (χ1) is 47.8. The number of amides is 4. The van der Waals surface area contributed by atoms with E-state index in [2.05, 4.69) is 68.9 Å². The number of ether oxygens (including phenoxy) is 2. The number of nitrogens with one attached hydrogen (secondary N) is 11. The summed E-state index contributed by atoms with van der Waals surface area (Å²) in [5.74, 6) is -10.7. The second-order valence-electron chi connectivity index (χ2n) is 22.5. The van der Waals surface area contributed by atoms with Crippen molar-refractivity contribution in [2.24, 2.45) is 38.7 Å². The van der Waals surface area contributed by atoms with Crippen molar-refractivity contribution in [1.82, 2.24) is 68.3 Å². The van der Waals surface area contributed by atoms with Gasteiger partial charge in [-0.15, -0.1) is 0 Å². The van der Waals surface area contributed by atoms with Crippen LogP contribution in [0.1, 0.15) is 70.8 Å². The fraction of sp³-hybridized carbons (Fsp3) is 0.621. The molecule has 1 heterocycles. The zero-order valence-corrected chi connectivity index (χ0v) is 58.3. The molecule has 24 N–H and O–H groups in total. The number of hydrogen-bond donors (Lipinski definition) is 19. The third kappa shape index (κ3) is 37.9. The summed E-state index contributed by atoms with van der Waals surface area (Å²) in [6, 6.07) is -2.21. The average molecular weight is 1470 g/mol. The average Bonchev–Trinajstić information content (AvgIpc) is 0.870. The number of guanidine groups is 2. The molecule has 0 spiro atoms. The van der Waals surface area contributed by atoms with Gasteiger partial charge in [-0.25, -0.2) is 26.6 Å². The minimum atomic E-state index is -1.81. The number of aldehydes is 1. The van der Waals surface area contributed by atoms with Crippen molar-refractivity contribution < 1.29 is 87.1 Å². The maximum Gasteiger partial charge on any atom is 0.317 e. The number of carboxylic acids is 2. The molecule has 560 valence electrons. The van der Waals surface area contributed by atoms with Gasteiger partial charge in [-0.2, -0.15) is 0 Å². The summed E-state index contributed by atoms with van der Waals surface area (Å²) in [5.41, 5.74) is 39.1. The third-order valence-corrected chi connectivity index (χ3v) is 17.2. The number of ketones is 4. The molecule has 8 atom stereocenters. The van der Waals surface area contributed by atoms with Gasteiger partial charge in [-0.05, 0) is 108 Å². The van der Waals surface area contributed by atoms with Gasteiger partial charge in [-0.1, -0.05) is 47.1 Å². The van der Waals surface area contributed by atoms with Crippen molar-refractivity contribution in [3.63, 3.8) is 0 Å². The number of aliphatic carboxylic acids is 2. The summed E-state index contributed by atoms with van der Waals surface area (Å²) < 4.78 is 10.1. The van der Waals surface area contributed by atoms with Gasteiger partial charge in [0.1, 0.15) is 37.9 Å². The van der Waals surface area contributed by atoms with Gasteiger partial charge in [0, 0.05) is 49.4 Å². The van der Waals surface area contributed by atoms with E-state index in [9.17, 15) is 77.6 Å². The number of nitrogens with zero attached hydrogens (tertiary/aromatic N) is 5. The van der Waals surface area contributed by atoms with Crippen molar-refractivity contribution in [3.05, 3.63) is 29.8 Å². The van der Waals surface area contributed by atoms with E-state index in [0.717, 1.165) is 21.6 Å². The highest BCUT2D eigenvalue weighted by Gasteiger charge is 2.35. The van der Waals surface area contributed by atoms with Crippen molar-refractivity contribution >= 4 is 134 Å². The zero-order valence-electron chi connectivity index (χ0n) is 55.9. The van der Waals surface area contributed by atoms with Crippen LogP contribution in [0.15, 0.2) is 34.3 Å². The quantitative estimate of drug-likeness (QED) is 0.00427. The molecule has 0 bridgehead atoms. The van der Waals surface area contributed by atoms with E-state index >= 15 is 0 Å². The Kier molecular flexibility index (Phi) is 44.9. The minimum Gasteiger partial charge on any atom is -0.480 e. The Hall–Kier alpha value is -8.14. The van der Waals surface area contributed by atoms with Crippen LogP contribution in [0.25, 0.3) is 0 Å².